The fraction of sp³-hybridized carbons (Fsp3) is 0.625. The second kappa shape index (κ2) is 4.37. The lowest BCUT2D eigenvalue weighted by Crippen LogP contribution is -2.21. The summed E-state index contributed by atoms with van der Waals surface area (Å²) < 4.78 is 24.0. The van der Waals surface area contributed by atoms with Crippen molar-refractivity contribution in [3.8, 4) is 0 Å². The molecule has 0 fully saturated rings. The van der Waals surface area contributed by atoms with Crippen LogP contribution in [-0.2, 0) is 16.6 Å². The zero-order chi connectivity index (χ0) is 10.8. The molecule has 0 atom stereocenters. The van der Waals surface area contributed by atoms with Gasteiger partial charge in [-0.05, 0) is 0 Å². The smallest absolute Gasteiger partial charge is 0.209 e. The zero-order valence-electron chi connectivity index (χ0n) is 8.44. The van der Waals surface area contributed by atoms with Crippen molar-refractivity contribution in [2.45, 2.75) is 26.3 Å². The highest BCUT2D eigenvalue weighted by atomic mass is 32.2. The minimum atomic E-state index is -3.12. The van der Waals surface area contributed by atoms with E-state index in [2.05, 4.69) is 23.6 Å². The highest BCUT2D eigenvalue weighted by Gasteiger charge is 2.07. The van der Waals surface area contributed by atoms with Gasteiger partial charge in [0.15, 0.2) is 0 Å². The molecule has 80 valence electrons. The van der Waals surface area contributed by atoms with Gasteiger partial charge in [-0.3, -0.25) is 0 Å². The molecule has 0 saturated carbocycles. The fourth-order valence-electron chi connectivity index (χ4n) is 0.874. The third kappa shape index (κ3) is 3.73. The van der Waals surface area contributed by atoms with E-state index in [4.69, 9.17) is 0 Å². The van der Waals surface area contributed by atoms with E-state index in [-0.39, 0.29) is 6.54 Å². The maximum atomic E-state index is 10.8. The van der Waals surface area contributed by atoms with E-state index in [1.165, 1.54) is 0 Å². The quantitative estimate of drug-likeness (QED) is 0.854. The van der Waals surface area contributed by atoms with Crippen LogP contribution in [0.2, 0.25) is 0 Å². The van der Waals surface area contributed by atoms with E-state index in [9.17, 15) is 8.42 Å². The van der Waals surface area contributed by atoms with Crippen LogP contribution in [0.5, 0.6) is 0 Å². The summed E-state index contributed by atoms with van der Waals surface area (Å²) >= 11 is 1.56. The Kier molecular flexibility index (Phi) is 3.63. The Labute approximate surface area is 88.4 Å². The minimum absolute atomic E-state index is 0.280. The van der Waals surface area contributed by atoms with Crippen LogP contribution >= 0.6 is 11.3 Å². The molecule has 6 heteroatoms. The molecule has 0 aliphatic carbocycles. The van der Waals surface area contributed by atoms with Crippen LogP contribution in [0.4, 0.5) is 0 Å². The highest BCUT2D eigenvalue weighted by Crippen LogP contribution is 2.18. The Morgan fingerprint density at radius 3 is 2.64 bits per heavy atom. The summed E-state index contributed by atoms with van der Waals surface area (Å²) in [5.74, 6) is 0.395. The van der Waals surface area contributed by atoms with Gasteiger partial charge in [-0.2, -0.15) is 0 Å². The van der Waals surface area contributed by atoms with Crippen molar-refractivity contribution in [1.29, 1.82) is 0 Å². The Morgan fingerprint density at radius 1 is 1.57 bits per heavy atom. The van der Waals surface area contributed by atoms with Gasteiger partial charge in [0, 0.05) is 11.3 Å². The maximum Gasteiger partial charge on any atom is 0.209 e. The number of nitrogens with zero attached hydrogens (tertiary/aromatic N) is 1. The van der Waals surface area contributed by atoms with Crippen molar-refractivity contribution in [3.63, 3.8) is 0 Å². The molecule has 0 radical (unpaired) electrons. The summed E-state index contributed by atoms with van der Waals surface area (Å²) in [6, 6.07) is 0. The van der Waals surface area contributed by atoms with Gasteiger partial charge in [-0.25, -0.2) is 18.1 Å². The topological polar surface area (TPSA) is 59.1 Å². The Hall–Kier alpha value is -0.460. The van der Waals surface area contributed by atoms with Crippen molar-refractivity contribution in [2.75, 3.05) is 6.26 Å². The second-order valence-electron chi connectivity index (χ2n) is 3.43. The van der Waals surface area contributed by atoms with Crippen molar-refractivity contribution in [2.24, 2.45) is 0 Å². The molecule has 1 aromatic rings. The molecule has 0 amide bonds. The third-order valence-corrected chi connectivity index (χ3v) is 3.44. The van der Waals surface area contributed by atoms with Gasteiger partial charge in [0.1, 0.15) is 0 Å². The number of nitrogens with one attached hydrogen (secondary N) is 1. The van der Waals surface area contributed by atoms with Gasteiger partial charge in [-0.15, -0.1) is 11.3 Å². The van der Waals surface area contributed by atoms with E-state index in [0.29, 0.717) is 5.92 Å². The van der Waals surface area contributed by atoms with Crippen molar-refractivity contribution < 1.29 is 8.42 Å². The largest absolute Gasteiger partial charge is 0.245 e. The van der Waals surface area contributed by atoms with Crippen LogP contribution in [0.25, 0.3) is 0 Å². The van der Waals surface area contributed by atoms with Crippen molar-refractivity contribution >= 4 is 21.4 Å². The standard InChI is InChI=1S/C8H14N2O2S2/c1-6(2)8-10-7(5-13-8)4-9-14(3,11)12/h5-6,9H,4H2,1-3H3. The van der Waals surface area contributed by atoms with Gasteiger partial charge in [0.05, 0.1) is 23.5 Å². The molecule has 0 unspecified atom stereocenters. The molecular formula is C8H14N2O2S2. The molecular weight excluding hydrogens is 220 g/mol. The van der Waals surface area contributed by atoms with Gasteiger partial charge in [0.25, 0.3) is 0 Å². The first-order chi connectivity index (χ1) is 6.38. The van der Waals surface area contributed by atoms with E-state index in [1.54, 1.807) is 11.3 Å². The van der Waals surface area contributed by atoms with Gasteiger partial charge >= 0.3 is 0 Å². The summed E-state index contributed by atoms with van der Waals surface area (Å²) in [6.07, 6.45) is 1.14. The van der Waals surface area contributed by atoms with E-state index < -0.39 is 10.0 Å². The predicted molar refractivity (Wildman–Crippen MR) is 57.9 cm³/mol. The van der Waals surface area contributed by atoms with Crippen LogP contribution in [0.3, 0.4) is 0 Å². The molecule has 1 aromatic heterocycles. The molecule has 4 nitrogen and oxygen atoms in total. The number of thiazole rings is 1. The van der Waals surface area contributed by atoms with Crippen molar-refractivity contribution in [3.05, 3.63) is 16.1 Å². The number of hydrogen-bond acceptors (Lipinski definition) is 4. The first-order valence-corrected chi connectivity index (χ1v) is 7.04. The van der Waals surface area contributed by atoms with Crippen LogP contribution in [-0.4, -0.2) is 19.7 Å². The summed E-state index contributed by atoms with van der Waals surface area (Å²) in [6.45, 7) is 4.40. The van der Waals surface area contributed by atoms with E-state index in [0.717, 1.165) is 17.0 Å². The van der Waals surface area contributed by atoms with Gasteiger partial charge < -0.3 is 0 Å². The van der Waals surface area contributed by atoms with Gasteiger partial charge in [0.2, 0.25) is 10.0 Å². The van der Waals surface area contributed by atoms with Crippen LogP contribution in [0, 0.1) is 0 Å². The number of aromatic nitrogens is 1. The molecule has 0 spiro atoms. The number of rotatable bonds is 4. The fourth-order valence-corrected chi connectivity index (χ4v) is 2.12. The third-order valence-electron chi connectivity index (χ3n) is 1.58. The first-order valence-electron chi connectivity index (χ1n) is 4.27. The summed E-state index contributed by atoms with van der Waals surface area (Å²) in [4.78, 5) is 4.30. The van der Waals surface area contributed by atoms with Gasteiger partial charge in [-0.1, -0.05) is 13.8 Å². The Morgan fingerprint density at radius 2 is 2.21 bits per heavy atom. The summed E-state index contributed by atoms with van der Waals surface area (Å²) in [5.41, 5.74) is 0.782. The molecule has 0 saturated heterocycles. The molecule has 1 N–H and O–H groups in total. The lowest BCUT2D eigenvalue weighted by molar-refractivity contribution is 0.586. The summed E-state index contributed by atoms with van der Waals surface area (Å²) in [7, 11) is -3.12. The Bertz CT molecular complexity index is 395. The lowest BCUT2D eigenvalue weighted by Gasteiger charge is -1.99. The maximum absolute atomic E-state index is 10.8. The molecule has 14 heavy (non-hydrogen) atoms. The monoisotopic (exact) mass is 234 g/mol. The predicted octanol–water partition coefficient (Wildman–Crippen LogP) is 1.32. The number of sulfonamides is 1. The Balaban J connectivity index is 2.61. The molecule has 0 aliphatic heterocycles. The molecule has 1 rings (SSSR count). The van der Waals surface area contributed by atoms with Crippen LogP contribution in [0.15, 0.2) is 5.38 Å². The average Bonchev–Trinajstić information content (AvgIpc) is 2.47. The molecule has 1 heterocycles. The van der Waals surface area contributed by atoms with E-state index >= 15 is 0 Å². The first kappa shape index (κ1) is 11.6. The lowest BCUT2D eigenvalue weighted by atomic mass is 10.2. The molecule has 0 bridgehead atoms. The van der Waals surface area contributed by atoms with E-state index in [1.807, 2.05) is 5.38 Å². The highest BCUT2D eigenvalue weighted by molar-refractivity contribution is 7.88. The van der Waals surface area contributed by atoms with Crippen molar-refractivity contribution in [1.82, 2.24) is 9.71 Å². The van der Waals surface area contributed by atoms with Crippen LogP contribution in [0.1, 0.15) is 30.5 Å². The molecule has 0 aliphatic rings. The second-order valence-corrected chi connectivity index (χ2v) is 6.15. The number of hydrogen-bond donors (Lipinski definition) is 1. The average molecular weight is 234 g/mol. The SMILES string of the molecule is CC(C)c1nc(CNS(C)(=O)=O)cs1. The summed E-state index contributed by atoms with van der Waals surface area (Å²) in [5, 5.41) is 2.92. The molecule has 0 aromatic carbocycles. The minimum Gasteiger partial charge on any atom is -0.245 e. The van der Waals surface area contributed by atoms with Crippen LogP contribution < -0.4 is 4.72 Å². The normalized spacial score (nSPS) is 12.3. The zero-order valence-corrected chi connectivity index (χ0v) is 10.1.